The number of ether oxygens (including phenoxy) is 2. The Balaban J connectivity index is 1.70. The fourth-order valence-corrected chi connectivity index (χ4v) is 2.47. The molecule has 20 heavy (non-hydrogen) atoms. The van der Waals surface area contributed by atoms with Crippen molar-refractivity contribution in [2.24, 2.45) is 0 Å². The van der Waals surface area contributed by atoms with Crippen LogP contribution in [-0.4, -0.2) is 36.8 Å². The lowest BCUT2D eigenvalue weighted by Crippen LogP contribution is -2.32. The standard InChI is InChI=1S/C15H17N3O2/c1-18(14-15(19-2)17-8-7-16-14)10-12-9-11-5-3-4-6-13(11)20-12/h3-8,12H,9-10H2,1-2H3. The Morgan fingerprint density at radius 1 is 1.30 bits per heavy atom. The number of hydrogen-bond acceptors (Lipinski definition) is 5. The summed E-state index contributed by atoms with van der Waals surface area (Å²) < 4.78 is 11.2. The Morgan fingerprint density at radius 3 is 2.90 bits per heavy atom. The van der Waals surface area contributed by atoms with Gasteiger partial charge in [0, 0.05) is 25.9 Å². The van der Waals surface area contributed by atoms with Crippen molar-refractivity contribution in [2.75, 3.05) is 25.6 Å². The zero-order valence-corrected chi connectivity index (χ0v) is 11.6. The quantitative estimate of drug-likeness (QED) is 0.850. The van der Waals surface area contributed by atoms with Crippen LogP contribution < -0.4 is 14.4 Å². The SMILES string of the molecule is COc1nccnc1N(C)CC1Cc2ccccc2O1. The van der Waals surface area contributed by atoms with Crippen molar-refractivity contribution in [3.8, 4) is 11.6 Å². The lowest BCUT2D eigenvalue weighted by atomic mass is 10.1. The fourth-order valence-electron chi connectivity index (χ4n) is 2.47. The van der Waals surface area contributed by atoms with Crippen molar-refractivity contribution >= 4 is 5.82 Å². The Morgan fingerprint density at radius 2 is 2.10 bits per heavy atom. The van der Waals surface area contributed by atoms with Gasteiger partial charge in [0.05, 0.1) is 13.7 Å². The van der Waals surface area contributed by atoms with Crippen molar-refractivity contribution in [3.63, 3.8) is 0 Å². The molecule has 3 rings (SSSR count). The predicted molar refractivity (Wildman–Crippen MR) is 76.4 cm³/mol. The molecule has 1 unspecified atom stereocenters. The van der Waals surface area contributed by atoms with Crippen LogP contribution in [0.1, 0.15) is 5.56 Å². The lowest BCUT2D eigenvalue weighted by Gasteiger charge is -2.22. The molecule has 0 spiro atoms. The van der Waals surface area contributed by atoms with E-state index in [-0.39, 0.29) is 6.10 Å². The molecule has 0 radical (unpaired) electrons. The molecule has 104 valence electrons. The van der Waals surface area contributed by atoms with Gasteiger partial charge in [-0.1, -0.05) is 18.2 Å². The summed E-state index contributed by atoms with van der Waals surface area (Å²) in [6.07, 6.45) is 4.34. The third kappa shape index (κ3) is 2.39. The van der Waals surface area contributed by atoms with Gasteiger partial charge in [0.15, 0.2) is 5.82 Å². The number of benzene rings is 1. The predicted octanol–water partition coefficient (Wildman–Crippen LogP) is 1.93. The second-order valence-corrected chi connectivity index (χ2v) is 4.82. The average molecular weight is 271 g/mol. The maximum atomic E-state index is 5.94. The molecular weight excluding hydrogens is 254 g/mol. The Kier molecular flexibility index (Phi) is 3.41. The molecule has 0 saturated carbocycles. The molecule has 0 amide bonds. The first-order chi connectivity index (χ1) is 9.78. The molecule has 1 aliphatic heterocycles. The van der Waals surface area contributed by atoms with E-state index >= 15 is 0 Å². The summed E-state index contributed by atoms with van der Waals surface area (Å²) in [6.45, 7) is 0.740. The molecule has 1 aromatic heterocycles. The first kappa shape index (κ1) is 12.7. The van der Waals surface area contributed by atoms with Gasteiger partial charge in [0.1, 0.15) is 11.9 Å². The van der Waals surface area contributed by atoms with Gasteiger partial charge >= 0.3 is 0 Å². The fraction of sp³-hybridized carbons (Fsp3) is 0.333. The zero-order valence-electron chi connectivity index (χ0n) is 11.6. The van der Waals surface area contributed by atoms with E-state index in [1.807, 2.05) is 30.1 Å². The van der Waals surface area contributed by atoms with Crippen molar-refractivity contribution in [1.82, 2.24) is 9.97 Å². The van der Waals surface area contributed by atoms with Crippen molar-refractivity contribution in [2.45, 2.75) is 12.5 Å². The van der Waals surface area contributed by atoms with E-state index in [0.29, 0.717) is 5.88 Å². The molecule has 0 bridgehead atoms. The average Bonchev–Trinajstić information content (AvgIpc) is 2.89. The summed E-state index contributed by atoms with van der Waals surface area (Å²) in [4.78, 5) is 10.5. The second kappa shape index (κ2) is 5.36. The van der Waals surface area contributed by atoms with E-state index < -0.39 is 0 Å². The van der Waals surface area contributed by atoms with Crippen LogP contribution in [-0.2, 0) is 6.42 Å². The minimum Gasteiger partial charge on any atom is -0.488 e. The van der Waals surface area contributed by atoms with Gasteiger partial charge < -0.3 is 14.4 Å². The molecule has 0 N–H and O–H groups in total. The first-order valence-corrected chi connectivity index (χ1v) is 6.58. The minimum absolute atomic E-state index is 0.129. The highest BCUT2D eigenvalue weighted by molar-refractivity contribution is 5.47. The molecule has 0 aliphatic carbocycles. The number of fused-ring (bicyclic) bond motifs is 1. The number of hydrogen-bond donors (Lipinski definition) is 0. The van der Waals surface area contributed by atoms with Crippen LogP contribution in [0.5, 0.6) is 11.6 Å². The van der Waals surface area contributed by atoms with Crippen molar-refractivity contribution in [3.05, 3.63) is 42.2 Å². The molecule has 5 heteroatoms. The summed E-state index contributed by atoms with van der Waals surface area (Å²) in [5.41, 5.74) is 1.26. The number of likely N-dealkylation sites (N-methyl/N-ethyl adjacent to an activating group) is 1. The van der Waals surface area contributed by atoms with E-state index in [2.05, 4.69) is 16.0 Å². The van der Waals surface area contributed by atoms with Gasteiger partial charge in [0.2, 0.25) is 0 Å². The first-order valence-electron chi connectivity index (χ1n) is 6.58. The Bertz CT molecular complexity index is 578. The number of rotatable bonds is 4. The third-order valence-corrected chi connectivity index (χ3v) is 3.39. The van der Waals surface area contributed by atoms with Crippen molar-refractivity contribution < 1.29 is 9.47 Å². The maximum Gasteiger partial charge on any atom is 0.257 e. The highest BCUT2D eigenvalue weighted by Crippen LogP contribution is 2.29. The normalized spacial score (nSPS) is 16.4. The van der Waals surface area contributed by atoms with E-state index in [0.717, 1.165) is 24.5 Å². The molecule has 2 aromatic rings. The van der Waals surface area contributed by atoms with E-state index in [9.17, 15) is 0 Å². The minimum atomic E-state index is 0.129. The number of anilines is 1. The molecular formula is C15H17N3O2. The molecule has 1 atom stereocenters. The maximum absolute atomic E-state index is 5.94. The van der Waals surface area contributed by atoms with Crippen LogP contribution in [0.2, 0.25) is 0 Å². The topological polar surface area (TPSA) is 47.5 Å². The number of aromatic nitrogens is 2. The van der Waals surface area contributed by atoms with Crippen LogP contribution in [0.25, 0.3) is 0 Å². The van der Waals surface area contributed by atoms with Crippen molar-refractivity contribution in [1.29, 1.82) is 0 Å². The van der Waals surface area contributed by atoms with E-state index in [1.165, 1.54) is 5.56 Å². The highest BCUT2D eigenvalue weighted by atomic mass is 16.5. The summed E-state index contributed by atoms with van der Waals surface area (Å²) >= 11 is 0. The number of methoxy groups -OCH3 is 1. The molecule has 1 aromatic carbocycles. The molecule has 1 aliphatic rings. The lowest BCUT2D eigenvalue weighted by molar-refractivity contribution is 0.238. The van der Waals surface area contributed by atoms with Gasteiger partial charge in [-0.3, -0.25) is 0 Å². The van der Waals surface area contributed by atoms with E-state index in [1.54, 1.807) is 19.5 Å². The largest absolute Gasteiger partial charge is 0.488 e. The monoisotopic (exact) mass is 271 g/mol. The zero-order chi connectivity index (χ0) is 13.9. The Labute approximate surface area is 118 Å². The van der Waals surface area contributed by atoms with Crippen LogP contribution in [0.3, 0.4) is 0 Å². The number of nitrogens with zero attached hydrogens (tertiary/aromatic N) is 3. The van der Waals surface area contributed by atoms with E-state index in [4.69, 9.17) is 9.47 Å². The summed E-state index contributed by atoms with van der Waals surface area (Å²) in [7, 11) is 3.57. The van der Waals surface area contributed by atoms with Gasteiger partial charge in [-0.2, -0.15) is 0 Å². The van der Waals surface area contributed by atoms with Crippen LogP contribution in [0.15, 0.2) is 36.7 Å². The smallest absolute Gasteiger partial charge is 0.257 e. The molecule has 5 nitrogen and oxygen atoms in total. The summed E-state index contributed by atoms with van der Waals surface area (Å²) in [6, 6.07) is 8.16. The molecule has 0 fully saturated rings. The van der Waals surface area contributed by atoms with Gasteiger partial charge in [0.25, 0.3) is 5.88 Å². The molecule has 2 heterocycles. The van der Waals surface area contributed by atoms with Crippen LogP contribution in [0.4, 0.5) is 5.82 Å². The molecule has 0 saturated heterocycles. The van der Waals surface area contributed by atoms with Gasteiger partial charge in [-0.15, -0.1) is 0 Å². The summed E-state index contributed by atoms with van der Waals surface area (Å²) in [5.74, 6) is 2.25. The Hall–Kier alpha value is -2.30. The summed E-state index contributed by atoms with van der Waals surface area (Å²) in [5, 5.41) is 0. The van der Waals surface area contributed by atoms with Crippen LogP contribution >= 0.6 is 0 Å². The third-order valence-electron chi connectivity index (χ3n) is 3.39. The number of para-hydroxylation sites is 1. The second-order valence-electron chi connectivity index (χ2n) is 4.82. The van der Waals surface area contributed by atoms with Gasteiger partial charge in [-0.05, 0) is 11.6 Å². The van der Waals surface area contributed by atoms with Gasteiger partial charge in [-0.25, -0.2) is 9.97 Å². The highest BCUT2D eigenvalue weighted by Gasteiger charge is 2.24. The van der Waals surface area contributed by atoms with Crippen LogP contribution in [0, 0.1) is 0 Å².